The lowest BCUT2D eigenvalue weighted by atomic mass is 10.3. The molecule has 1 aromatic heterocycles. The maximum absolute atomic E-state index is 12.4. The number of ether oxygens (including phenoxy) is 1. The molecule has 0 aliphatic heterocycles. The van der Waals surface area contributed by atoms with E-state index in [-0.39, 0.29) is 21.4 Å². The Morgan fingerprint density at radius 1 is 0.963 bits per heavy atom. The minimum atomic E-state index is -4.88. The average molecular weight is 431 g/mol. The molecule has 0 saturated heterocycles. The van der Waals surface area contributed by atoms with Gasteiger partial charge in [0.15, 0.2) is 9.84 Å². The quantitative estimate of drug-likeness (QED) is 0.496. The Morgan fingerprint density at radius 3 is 2.07 bits per heavy atom. The zero-order valence-electron chi connectivity index (χ0n) is 13.2. The van der Waals surface area contributed by atoms with Gasteiger partial charge in [-0.1, -0.05) is 0 Å². The number of hydrogen-bond donors (Lipinski definition) is 0. The van der Waals surface area contributed by atoms with Crippen molar-refractivity contribution in [2.24, 2.45) is 0 Å². The van der Waals surface area contributed by atoms with Crippen LogP contribution in [0.5, 0.6) is 5.75 Å². The number of aromatic nitrogens is 1. The van der Waals surface area contributed by atoms with Gasteiger partial charge in [-0.15, -0.1) is 24.9 Å². The Kier molecular flexibility index (Phi) is 6.30. The fourth-order valence-corrected chi connectivity index (χ4v) is 4.35. The first-order valence-corrected chi connectivity index (χ1v) is 9.75. The number of rotatable bonds is 6. The average Bonchev–Trinajstić information content (AvgIpc) is 2.53. The summed E-state index contributed by atoms with van der Waals surface area (Å²) < 4.78 is 102. The number of benzene rings is 1. The fourth-order valence-electron chi connectivity index (χ4n) is 1.86. The molecule has 1 aromatic carbocycles. The van der Waals surface area contributed by atoms with Gasteiger partial charge < -0.3 is 4.74 Å². The molecule has 0 atom stereocenters. The van der Waals surface area contributed by atoms with Crippen LogP contribution in [0.1, 0.15) is 5.56 Å². The molecule has 148 valence electrons. The van der Waals surface area contributed by atoms with E-state index in [1.807, 2.05) is 0 Å². The number of sulfone groups is 1. The van der Waals surface area contributed by atoms with Crippen LogP contribution < -0.4 is 4.74 Å². The third-order valence-corrected chi connectivity index (χ3v) is 6.02. The summed E-state index contributed by atoms with van der Waals surface area (Å²) in [7, 11) is -3.79. The van der Waals surface area contributed by atoms with Crippen molar-refractivity contribution >= 4 is 21.6 Å². The summed E-state index contributed by atoms with van der Waals surface area (Å²) in [6.07, 6.45) is -8.75. The first-order valence-electron chi connectivity index (χ1n) is 7.11. The predicted octanol–water partition coefficient (Wildman–Crippen LogP) is 4.57. The van der Waals surface area contributed by atoms with E-state index in [2.05, 4.69) is 9.72 Å². The molecule has 0 bridgehead atoms. The van der Waals surface area contributed by atoms with Crippen molar-refractivity contribution in [3.8, 4) is 5.75 Å². The maximum atomic E-state index is 12.4. The van der Waals surface area contributed by atoms with Crippen LogP contribution >= 0.6 is 11.8 Å². The van der Waals surface area contributed by atoms with Gasteiger partial charge in [0, 0.05) is 11.9 Å². The number of alkyl halides is 6. The Morgan fingerprint density at radius 2 is 1.59 bits per heavy atom. The van der Waals surface area contributed by atoms with Crippen LogP contribution in [0.3, 0.4) is 0 Å². The van der Waals surface area contributed by atoms with Crippen LogP contribution in [0, 0.1) is 0 Å². The van der Waals surface area contributed by atoms with Crippen molar-refractivity contribution in [3.63, 3.8) is 0 Å². The van der Waals surface area contributed by atoms with Gasteiger partial charge in [-0.3, -0.25) is 0 Å². The van der Waals surface area contributed by atoms with Crippen molar-refractivity contribution in [1.82, 2.24) is 4.98 Å². The number of thioether (sulfide) groups is 1. The number of pyridine rings is 1. The van der Waals surface area contributed by atoms with Gasteiger partial charge in [0.05, 0.1) is 21.2 Å². The summed E-state index contributed by atoms with van der Waals surface area (Å²) in [4.78, 5) is 3.41. The molecule has 0 unspecified atom stereocenters. The topological polar surface area (TPSA) is 56.3 Å². The monoisotopic (exact) mass is 431 g/mol. The van der Waals surface area contributed by atoms with E-state index < -0.39 is 33.7 Å². The second kappa shape index (κ2) is 7.97. The number of hydrogen-bond acceptors (Lipinski definition) is 5. The molecule has 27 heavy (non-hydrogen) atoms. The summed E-state index contributed by atoms with van der Waals surface area (Å²) in [5.41, 5.74) is -0.916. The molecule has 0 aliphatic carbocycles. The van der Waals surface area contributed by atoms with Gasteiger partial charge >= 0.3 is 12.5 Å². The third-order valence-electron chi connectivity index (χ3n) is 3.08. The zero-order chi connectivity index (χ0) is 20.3. The molecule has 2 aromatic rings. The van der Waals surface area contributed by atoms with Crippen LogP contribution in [0.15, 0.2) is 52.5 Å². The van der Waals surface area contributed by atoms with E-state index in [1.165, 1.54) is 0 Å². The van der Waals surface area contributed by atoms with Gasteiger partial charge in [0.2, 0.25) is 0 Å². The fraction of sp³-hybridized carbons (Fsp3) is 0.267. The predicted molar refractivity (Wildman–Crippen MR) is 85.1 cm³/mol. The lowest BCUT2D eigenvalue weighted by molar-refractivity contribution is -0.274. The van der Waals surface area contributed by atoms with Crippen molar-refractivity contribution < 1.29 is 39.5 Å². The van der Waals surface area contributed by atoms with Crippen LogP contribution in [0.2, 0.25) is 0 Å². The Balaban J connectivity index is 1.94. The Labute approximate surface area is 154 Å². The van der Waals surface area contributed by atoms with Crippen LogP contribution in [-0.2, 0) is 16.0 Å². The van der Waals surface area contributed by atoms with E-state index in [1.54, 1.807) is 0 Å². The molecule has 0 N–H and O–H groups in total. The normalized spacial score (nSPS) is 12.8. The standard InChI is InChI=1S/C15H11F6NO3S2/c16-14(17,18)10-1-6-13(22-9-10)26-7-8-27(23,24)12-4-2-11(3-5-12)25-15(19,20)21/h1-6,9H,7-8H2. The van der Waals surface area contributed by atoms with E-state index in [0.717, 1.165) is 48.2 Å². The highest BCUT2D eigenvalue weighted by Crippen LogP contribution is 2.30. The largest absolute Gasteiger partial charge is 0.573 e. The van der Waals surface area contributed by atoms with E-state index in [0.29, 0.717) is 6.20 Å². The van der Waals surface area contributed by atoms with Gasteiger partial charge in [-0.05, 0) is 36.4 Å². The molecule has 0 radical (unpaired) electrons. The molecule has 2 rings (SSSR count). The highest BCUT2D eigenvalue weighted by atomic mass is 32.2. The van der Waals surface area contributed by atoms with Crippen LogP contribution in [0.4, 0.5) is 26.3 Å². The lowest BCUT2D eigenvalue weighted by Crippen LogP contribution is -2.17. The Hall–Kier alpha value is -1.95. The molecule has 0 saturated carbocycles. The maximum Gasteiger partial charge on any atom is 0.573 e. The molecular formula is C15H11F6NO3S2. The minimum absolute atomic E-state index is 0.00149. The van der Waals surface area contributed by atoms with Crippen molar-refractivity contribution in [3.05, 3.63) is 48.2 Å². The molecule has 0 fully saturated rings. The SMILES string of the molecule is O=S(=O)(CCSc1ccc(C(F)(F)F)cn1)c1ccc(OC(F)(F)F)cc1. The molecule has 4 nitrogen and oxygen atoms in total. The van der Waals surface area contributed by atoms with Crippen molar-refractivity contribution in [2.75, 3.05) is 11.5 Å². The summed E-state index contributed by atoms with van der Waals surface area (Å²) in [5.74, 6) is -0.925. The molecule has 1 heterocycles. The molecular weight excluding hydrogens is 420 g/mol. The lowest BCUT2D eigenvalue weighted by Gasteiger charge is -2.09. The first kappa shape index (κ1) is 21.4. The van der Waals surface area contributed by atoms with Crippen LogP contribution in [0.25, 0.3) is 0 Å². The summed E-state index contributed by atoms with van der Waals surface area (Å²) >= 11 is 0.941. The third kappa shape index (κ3) is 6.61. The molecule has 12 heteroatoms. The van der Waals surface area contributed by atoms with E-state index >= 15 is 0 Å². The smallest absolute Gasteiger partial charge is 0.406 e. The van der Waals surface area contributed by atoms with Gasteiger partial charge in [0.1, 0.15) is 5.75 Å². The van der Waals surface area contributed by atoms with Gasteiger partial charge in [-0.25, -0.2) is 13.4 Å². The molecule has 0 spiro atoms. The van der Waals surface area contributed by atoms with Gasteiger partial charge in [-0.2, -0.15) is 13.2 Å². The van der Waals surface area contributed by atoms with Crippen LogP contribution in [-0.4, -0.2) is 31.3 Å². The summed E-state index contributed by atoms with van der Waals surface area (Å²) in [5, 5.41) is 0.215. The number of nitrogens with zero attached hydrogens (tertiary/aromatic N) is 1. The van der Waals surface area contributed by atoms with E-state index in [4.69, 9.17) is 0 Å². The van der Waals surface area contributed by atoms with E-state index in [9.17, 15) is 34.8 Å². The molecule has 0 aliphatic rings. The highest BCUT2D eigenvalue weighted by molar-refractivity contribution is 8.00. The van der Waals surface area contributed by atoms with Crippen molar-refractivity contribution in [2.45, 2.75) is 22.5 Å². The van der Waals surface area contributed by atoms with Crippen molar-refractivity contribution in [1.29, 1.82) is 0 Å². The Bertz CT molecular complexity index is 862. The second-order valence-electron chi connectivity index (χ2n) is 5.07. The summed E-state index contributed by atoms with van der Waals surface area (Å²) in [6.45, 7) is 0. The zero-order valence-corrected chi connectivity index (χ0v) is 14.8. The second-order valence-corrected chi connectivity index (χ2v) is 8.29. The highest BCUT2D eigenvalue weighted by Gasteiger charge is 2.31. The molecule has 0 amide bonds. The first-order chi connectivity index (χ1) is 12.4. The summed E-state index contributed by atoms with van der Waals surface area (Å²) in [6, 6.07) is 5.69. The minimum Gasteiger partial charge on any atom is -0.406 e. The number of halogens is 6. The van der Waals surface area contributed by atoms with Gasteiger partial charge in [0.25, 0.3) is 0 Å².